The molecule has 4 heterocycles. The number of carbonyl (C=O) groups is 1. The highest BCUT2D eigenvalue weighted by Crippen LogP contribution is 2.63. The quantitative estimate of drug-likeness (QED) is 0.742. The Bertz CT molecular complexity index is 1020. The summed E-state index contributed by atoms with van der Waals surface area (Å²) >= 11 is 0. The molecule has 2 saturated heterocycles. The third kappa shape index (κ3) is 2.73. The Morgan fingerprint density at radius 3 is 2.55 bits per heavy atom. The van der Waals surface area contributed by atoms with Crippen molar-refractivity contribution < 1.29 is 14.6 Å². The van der Waals surface area contributed by atoms with E-state index in [0.717, 1.165) is 37.8 Å². The molecule has 6 nitrogen and oxygen atoms in total. The van der Waals surface area contributed by atoms with Gasteiger partial charge >= 0.3 is 6.09 Å². The van der Waals surface area contributed by atoms with Crippen molar-refractivity contribution in [3.05, 3.63) is 42.4 Å². The van der Waals surface area contributed by atoms with E-state index in [4.69, 9.17) is 4.74 Å². The van der Waals surface area contributed by atoms with E-state index in [2.05, 4.69) is 33.8 Å². The van der Waals surface area contributed by atoms with Crippen LogP contribution in [0.15, 0.2) is 36.8 Å². The largest absolute Gasteiger partial charge is 0.444 e. The van der Waals surface area contributed by atoms with Gasteiger partial charge in [-0.05, 0) is 58.4 Å². The normalized spacial score (nSPS) is 35.6. The lowest BCUT2D eigenvalue weighted by atomic mass is 9.51. The van der Waals surface area contributed by atoms with Crippen LogP contribution in [-0.2, 0) is 4.74 Å². The molecule has 1 aromatic heterocycles. The van der Waals surface area contributed by atoms with E-state index in [-0.39, 0.29) is 41.7 Å². The van der Waals surface area contributed by atoms with Crippen LogP contribution in [0.2, 0.25) is 0 Å². The molecular formula is C25H31N3O3. The fourth-order valence-electron chi connectivity index (χ4n) is 6.99. The van der Waals surface area contributed by atoms with Gasteiger partial charge in [-0.15, -0.1) is 0 Å². The number of aliphatic hydroxyl groups is 1. The lowest BCUT2D eigenvalue weighted by molar-refractivity contribution is -0.168. The van der Waals surface area contributed by atoms with Crippen LogP contribution in [0.4, 0.5) is 4.79 Å². The van der Waals surface area contributed by atoms with Gasteiger partial charge in [0.05, 0.1) is 30.4 Å². The summed E-state index contributed by atoms with van der Waals surface area (Å²) in [5, 5.41) is 11.5. The maximum Gasteiger partial charge on any atom is 0.410 e. The minimum Gasteiger partial charge on any atom is -0.444 e. The summed E-state index contributed by atoms with van der Waals surface area (Å²) in [5.41, 5.74) is 3.12. The van der Waals surface area contributed by atoms with Crippen molar-refractivity contribution in [1.29, 1.82) is 0 Å². The molecule has 1 spiro atoms. The zero-order valence-electron chi connectivity index (χ0n) is 18.5. The fraction of sp³-hybridized carbons (Fsp3) is 0.600. The highest BCUT2D eigenvalue weighted by molar-refractivity contribution is 5.70. The Balaban J connectivity index is 1.23. The molecule has 4 aliphatic rings. The van der Waals surface area contributed by atoms with Gasteiger partial charge in [-0.2, -0.15) is 0 Å². The molecule has 6 rings (SSSR count). The van der Waals surface area contributed by atoms with E-state index in [1.807, 2.05) is 38.2 Å². The molecule has 1 N–H and O–H groups in total. The highest BCUT2D eigenvalue weighted by Gasteiger charge is 2.63. The van der Waals surface area contributed by atoms with Crippen LogP contribution in [0, 0.1) is 11.3 Å². The SMILES string of the molecule is CC(C)(C)OC(=O)N1[C@@H]2CC[C@H]1C[C@]1(C[C@H]([C@@H]3c4ccccc4-c4cncn43)[C@H]1O)C2. The lowest BCUT2D eigenvalue weighted by Gasteiger charge is -2.59. The zero-order chi connectivity index (χ0) is 21.5. The standard InChI is InChI=1S/C25H31N3O3/c1-24(2,3)31-23(30)28-15-8-9-16(28)11-25(10-15)12-19(22(25)29)21-18-7-5-4-6-17(18)20-13-26-14-27(20)21/h4-7,13-16,19,21-22,29H,8-12H2,1-3H3/t15-,16+,19-,21+,22-,25+/m1/s1. The molecule has 1 aliphatic carbocycles. The fourth-order valence-corrected chi connectivity index (χ4v) is 6.99. The van der Waals surface area contributed by atoms with Crippen molar-refractivity contribution in [3.63, 3.8) is 0 Å². The Kier molecular flexibility index (Phi) is 3.96. The maximum absolute atomic E-state index is 12.8. The highest BCUT2D eigenvalue weighted by atomic mass is 16.6. The van der Waals surface area contributed by atoms with Crippen LogP contribution in [0.5, 0.6) is 0 Å². The number of rotatable bonds is 1. The summed E-state index contributed by atoms with van der Waals surface area (Å²) in [6, 6.07) is 9.03. The van der Waals surface area contributed by atoms with Gasteiger partial charge in [-0.1, -0.05) is 24.3 Å². The zero-order valence-corrected chi connectivity index (χ0v) is 18.5. The van der Waals surface area contributed by atoms with E-state index in [9.17, 15) is 9.90 Å². The van der Waals surface area contributed by atoms with E-state index in [0.29, 0.717) is 0 Å². The molecule has 3 aliphatic heterocycles. The van der Waals surface area contributed by atoms with Crippen molar-refractivity contribution in [2.45, 2.75) is 82.7 Å². The summed E-state index contributed by atoms with van der Waals surface area (Å²) in [6.07, 6.45) is 8.08. The third-order valence-electron chi connectivity index (χ3n) is 8.11. The summed E-state index contributed by atoms with van der Waals surface area (Å²) in [5.74, 6) is 0.184. The van der Waals surface area contributed by atoms with Crippen molar-refractivity contribution in [2.75, 3.05) is 0 Å². The molecule has 1 aromatic carbocycles. The number of hydrogen-bond acceptors (Lipinski definition) is 4. The number of piperidine rings is 1. The third-order valence-corrected chi connectivity index (χ3v) is 8.11. The summed E-state index contributed by atoms with van der Waals surface area (Å²) in [6.45, 7) is 5.76. The number of aromatic nitrogens is 2. The van der Waals surface area contributed by atoms with Crippen LogP contribution in [-0.4, -0.2) is 49.4 Å². The van der Waals surface area contributed by atoms with Gasteiger partial charge in [0.25, 0.3) is 0 Å². The second-order valence-corrected chi connectivity index (χ2v) is 11.1. The van der Waals surface area contributed by atoms with Crippen LogP contribution in [0.25, 0.3) is 11.3 Å². The average molecular weight is 422 g/mol. The molecule has 1 saturated carbocycles. The second-order valence-electron chi connectivity index (χ2n) is 11.1. The minimum absolute atomic E-state index is 0.0761. The van der Waals surface area contributed by atoms with Crippen LogP contribution in [0.3, 0.4) is 0 Å². The molecule has 2 bridgehead atoms. The molecule has 3 fully saturated rings. The first-order valence-corrected chi connectivity index (χ1v) is 11.6. The minimum atomic E-state index is -0.481. The van der Waals surface area contributed by atoms with Crippen LogP contribution >= 0.6 is 0 Å². The molecule has 2 aromatic rings. The number of hydrogen-bond donors (Lipinski definition) is 1. The molecular weight excluding hydrogens is 390 g/mol. The number of fused-ring (bicyclic) bond motifs is 5. The number of ether oxygens (including phenoxy) is 1. The van der Waals surface area contributed by atoms with Gasteiger partial charge in [-0.25, -0.2) is 9.78 Å². The van der Waals surface area contributed by atoms with Crippen molar-refractivity contribution in [3.8, 4) is 11.3 Å². The second kappa shape index (κ2) is 6.35. The van der Waals surface area contributed by atoms with E-state index in [1.54, 1.807) is 0 Å². The maximum atomic E-state index is 12.8. The first-order chi connectivity index (χ1) is 14.8. The Morgan fingerprint density at radius 2 is 1.87 bits per heavy atom. The predicted octanol–water partition coefficient (Wildman–Crippen LogP) is 4.38. The number of nitrogens with zero attached hydrogens (tertiary/aromatic N) is 3. The molecule has 6 heteroatoms. The first-order valence-electron chi connectivity index (χ1n) is 11.6. The van der Waals surface area contributed by atoms with Crippen LogP contribution < -0.4 is 0 Å². The number of amides is 1. The van der Waals surface area contributed by atoms with Gasteiger partial charge in [0, 0.05) is 29.0 Å². The molecule has 1 amide bonds. The van der Waals surface area contributed by atoms with E-state index < -0.39 is 5.60 Å². The number of aliphatic hydroxyl groups excluding tert-OH is 1. The van der Waals surface area contributed by atoms with Crippen molar-refractivity contribution in [1.82, 2.24) is 14.5 Å². The molecule has 164 valence electrons. The summed E-state index contributed by atoms with van der Waals surface area (Å²) in [7, 11) is 0. The topological polar surface area (TPSA) is 67.6 Å². The number of benzene rings is 1. The number of carbonyl (C=O) groups excluding carboxylic acids is 1. The molecule has 6 atom stereocenters. The van der Waals surface area contributed by atoms with E-state index >= 15 is 0 Å². The molecule has 0 radical (unpaired) electrons. The van der Waals surface area contributed by atoms with Crippen molar-refractivity contribution in [2.24, 2.45) is 11.3 Å². The summed E-state index contributed by atoms with van der Waals surface area (Å²) in [4.78, 5) is 19.2. The van der Waals surface area contributed by atoms with Gasteiger partial charge in [0.2, 0.25) is 0 Å². The molecule has 0 unspecified atom stereocenters. The van der Waals surface area contributed by atoms with Gasteiger partial charge in [0.1, 0.15) is 5.60 Å². The Labute approximate surface area is 183 Å². The Morgan fingerprint density at radius 1 is 1.16 bits per heavy atom. The predicted molar refractivity (Wildman–Crippen MR) is 116 cm³/mol. The first kappa shape index (κ1) is 19.4. The van der Waals surface area contributed by atoms with Crippen LogP contribution in [0.1, 0.15) is 64.5 Å². The van der Waals surface area contributed by atoms with Gasteiger partial charge in [0.15, 0.2) is 0 Å². The average Bonchev–Trinajstić information content (AvgIpc) is 3.37. The van der Waals surface area contributed by atoms with Crippen molar-refractivity contribution >= 4 is 6.09 Å². The summed E-state index contributed by atoms with van der Waals surface area (Å²) < 4.78 is 7.94. The smallest absolute Gasteiger partial charge is 0.410 e. The Hall–Kier alpha value is -2.34. The van der Waals surface area contributed by atoms with E-state index in [1.165, 1.54) is 11.1 Å². The van der Waals surface area contributed by atoms with Gasteiger partial charge in [-0.3, -0.25) is 0 Å². The lowest BCUT2D eigenvalue weighted by Crippen LogP contribution is -2.62. The molecule has 31 heavy (non-hydrogen) atoms. The monoisotopic (exact) mass is 421 g/mol. The van der Waals surface area contributed by atoms with Gasteiger partial charge < -0.3 is 19.3 Å². The number of imidazole rings is 1.